The van der Waals surface area contributed by atoms with Crippen molar-refractivity contribution in [1.29, 1.82) is 0 Å². The van der Waals surface area contributed by atoms with E-state index in [1.165, 1.54) is 18.5 Å². The van der Waals surface area contributed by atoms with Gasteiger partial charge in [-0.15, -0.1) is 10.2 Å². The molecule has 0 amide bonds. The molecule has 1 saturated carbocycles. The first-order valence-electron chi connectivity index (χ1n) is 5.54. The molecule has 0 saturated heterocycles. The minimum atomic E-state index is 0.676. The molecule has 0 bridgehead atoms. The Bertz CT molecular complexity index is 499. The predicted molar refractivity (Wildman–Crippen MR) is 63.1 cm³/mol. The Kier molecular flexibility index (Phi) is 2.13. The number of aryl methyl sites for hydroxylation is 1. The lowest BCUT2D eigenvalue weighted by molar-refractivity contribution is 0.920. The fourth-order valence-corrected chi connectivity index (χ4v) is 1.76. The van der Waals surface area contributed by atoms with Gasteiger partial charge in [0.25, 0.3) is 0 Å². The van der Waals surface area contributed by atoms with Crippen LogP contribution in [-0.4, -0.2) is 20.8 Å². The Balaban J connectivity index is 1.92. The van der Waals surface area contributed by atoms with Crippen molar-refractivity contribution >= 4 is 5.69 Å². The van der Waals surface area contributed by atoms with E-state index < -0.39 is 0 Å². The van der Waals surface area contributed by atoms with Crippen LogP contribution in [0.4, 0.5) is 5.69 Å². The van der Waals surface area contributed by atoms with Crippen LogP contribution in [0.3, 0.4) is 0 Å². The molecule has 1 fully saturated rings. The van der Waals surface area contributed by atoms with Gasteiger partial charge in [0.1, 0.15) is 6.33 Å². The molecule has 1 aromatic carbocycles. The van der Waals surface area contributed by atoms with Gasteiger partial charge in [-0.05, 0) is 25.0 Å². The summed E-state index contributed by atoms with van der Waals surface area (Å²) in [5.41, 5.74) is 2.27. The maximum absolute atomic E-state index is 4.11. The zero-order valence-corrected chi connectivity index (χ0v) is 9.22. The SMILES string of the molecule is Cn1cnnc1-c1cccc(NC2CC2)c1. The smallest absolute Gasteiger partial charge is 0.163 e. The summed E-state index contributed by atoms with van der Waals surface area (Å²) in [4.78, 5) is 0. The van der Waals surface area contributed by atoms with E-state index in [0.717, 1.165) is 11.4 Å². The first-order valence-corrected chi connectivity index (χ1v) is 5.54. The van der Waals surface area contributed by atoms with E-state index in [1.807, 2.05) is 11.6 Å². The highest BCUT2D eigenvalue weighted by molar-refractivity contribution is 5.62. The van der Waals surface area contributed by atoms with E-state index in [0.29, 0.717) is 6.04 Å². The van der Waals surface area contributed by atoms with Gasteiger partial charge in [-0.1, -0.05) is 12.1 Å². The molecule has 0 unspecified atom stereocenters. The van der Waals surface area contributed by atoms with Crippen LogP contribution in [0, 0.1) is 0 Å². The summed E-state index contributed by atoms with van der Waals surface area (Å²) in [6.45, 7) is 0. The number of anilines is 1. The molecule has 82 valence electrons. The molecule has 0 atom stereocenters. The Morgan fingerprint density at radius 1 is 1.38 bits per heavy atom. The van der Waals surface area contributed by atoms with E-state index in [9.17, 15) is 0 Å². The maximum Gasteiger partial charge on any atom is 0.163 e. The second-order valence-corrected chi connectivity index (χ2v) is 4.26. The van der Waals surface area contributed by atoms with Gasteiger partial charge < -0.3 is 9.88 Å². The zero-order valence-electron chi connectivity index (χ0n) is 9.22. The number of benzene rings is 1. The van der Waals surface area contributed by atoms with Gasteiger partial charge in [0.05, 0.1) is 0 Å². The van der Waals surface area contributed by atoms with Crippen molar-refractivity contribution in [3.63, 3.8) is 0 Å². The van der Waals surface area contributed by atoms with Crippen LogP contribution in [0.2, 0.25) is 0 Å². The quantitative estimate of drug-likeness (QED) is 0.850. The lowest BCUT2D eigenvalue weighted by Gasteiger charge is -2.06. The molecule has 1 aliphatic carbocycles. The average Bonchev–Trinajstić information content (AvgIpc) is 2.99. The van der Waals surface area contributed by atoms with Crippen molar-refractivity contribution in [3.05, 3.63) is 30.6 Å². The average molecular weight is 214 g/mol. The Morgan fingerprint density at radius 3 is 2.94 bits per heavy atom. The lowest BCUT2D eigenvalue weighted by Crippen LogP contribution is -2.01. The number of rotatable bonds is 3. The first-order chi connectivity index (χ1) is 7.83. The second kappa shape index (κ2) is 3.63. The van der Waals surface area contributed by atoms with Crippen molar-refractivity contribution in [2.45, 2.75) is 18.9 Å². The van der Waals surface area contributed by atoms with Gasteiger partial charge in [-0.2, -0.15) is 0 Å². The molecule has 0 aliphatic heterocycles. The molecule has 3 rings (SSSR count). The van der Waals surface area contributed by atoms with E-state index in [2.05, 4.69) is 39.8 Å². The number of hydrogen-bond acceptors (Lipinski definition) is 3. The number of nitrogens with zero attached hydrogens (tertiary/aromatic N) is 3. The van der Waals surface area contributed by atoms with Crippen LogP contribution in [0.25, 0.3) is 11.4 Å². The molecule has 0 radical (unpaired) electrons. The standard InChI is InChI=1S/C12H14N4/c1-16-8-13-15-12(16)9-3-2-4-11(7-9)14-10-5-6-10/h2-4,7-8,10,14H,5-6H2,1H3. The van der Waals surface area contributed by atoms with Crippen LogP contribution in [0.5, 0.6) is 0 Å². The lowest BCUT2D eigenvalue weighted by atomic mass is 10.2. The van der Waals surface area contributed by atoms with Gasteiger partial charge >= 0.3 is 0 Å². The highest BCUT2D eigenvalue weighted by Crippen LogP contribution is 2.26. The second-order valence-electron chi connectivity index (χ2n) is 4.26. The Hall–Kier alpha value is -1.84. The summed E-state index contributed by atoms with van der Waals surface area (Å²) in [6.07, 6.45) is 4.29. The molecule has 1 heterocycles. The third-order valence-electron chi connectivity index (χ3n) is 2.78. The van der Waals surface area contributed by atoms with Crippen molar-refractivity contribution < 1.29 is 0 Å². The van der Waals surface area contributed by atoms with Crippen molar-refractivity contribution in [2.24, 2.45) is 7.05 Å². The largest absolute Gasteiger partial charge is 0.382 e. The van der Waals surface area contributed by atoms with Crippen molar-refractivity contribution in [1.82, 2.24) is 14.8 Å². The fourth-order valence-electron chi connectivity index (χ4n) is 1.76. The predicted octanol–water partition coefficient (Wildman–Crippen LogP) is 2.06. The molecule has 16 heavy (non-hydrogen) atoms. The van der Waals surface area contributed by atoms with E-state index in [4.69, 9.17) is 0 Å². The minimum absolute atomic E-state index is 0.676. The Morgan fingerprint density at radius 2 is 2.25 bits per heavy atom. The molecular formula is C12H14N4. The van der Waals surface area contributed by atoms with Gasteiger partial charge in [-0.25, -0.2) is 0 Å². The fraction of sp³-hybridized carbons (Fsp3) is 0.333. The monoisotopic (exact) mass is 214 g/mol. The van der Waals surface area contributed by atoms with Crippen LogP contribution >= 0.6 is 0 Å². The normalized spacial score (nSPS) is 15.1. The number of hydrogen-bond donors (Lipinski definition) is 1. The van der Waals surface area contributed by atoms with Gasteiger partial charge in [0, 0.05) is 24.3 Å². The highest BCUT2D eigenvalue weighted by atomic mass is 15.2. The number of nitrogens with one attached hydrogen (secondary N) is 1. The van der Waals surface area contributed by atoms with Gasteiger partial charge in [0.2, 0.25) is 0 Å². The molecule has 0 spiro atoms. The summed E-state index contributed by atoms with van der Waals surface area (Å²) in [7, 11) is 1.95. The minimum Gasteiger partial charge on any atom is -0.382 e. The van der Waals surface area contributed by atoms with Gasteiger partial charge in [0.15, 0.2) is 5.82 Å². The molecule has 4 heteroatoms. The maximum atomic E-state index is 4.11. The van der Waals surface area contributed by atoms with E-state index >= 15 is 0 Å². The first kappa shape index (κ1) is 9.39. The van der Waals surface area contributed by atoms with E-state index in [-0.39, 0.29) is 0 Å². The molecule has 4 nitrogen and oxygen atoms in total. The van der Waals surface area contributed by atoms with Crippen molar-refractivity contribution in [3.8, 4) is 11.4 Å². The van der Waals surface area contributed by atoms with Crippen molar-refractivity contribution in [2.75, 3.05) is 5.32 Å². The van der Waals surface area contributed by atoms with Crippen LogP contribution in [-0.2, 0) is 7.05 Å². The molecule has 1 aliphatic rings. The molecular weight excluding hydrogens is 200 g/mol. The van der Waals surface area contributed by atoms with Crippen LogP contribution < -0.4 is 5.32 Å². The molecule has 1 aromatic heterocycles. The zero-order chi connectivity index (χ0) is 11.0. The molecule has 2 aromatic rings. The molecule has 1 N–H and O–H groups in total. The topological polar surface area (TPSA) is 42.7 Å². The highest BCUT2D eigenvalue weighted by Gasteiger charge is 2.20. The summed E-state index contributed by atoms with van der Waals surface area (Å²) in [5.74, 6) is 0.902. The summed E-state index contributed by atoms with van der Waals surface area (Å²) >= 11 is 0. The number of aromatic nitrogens is 3. The summed E-state index contributed by atoms with van der Waals surface area (Å²) in [5, 5.41) is 11.5. The third-order valence-corrected chi connectivity index (χ3v) is 2.78. The summed E-state index contributed by atoms with van der Waals surface area (Å²) in [6, 6.07) is 9.01. The summed E-state index contributed by atoms with van der Waals surface area (Å²) < 4.78 is 1.93. The third kappa shape index (κ3) is 1.78. The van der Waals surface area contributed by atoms with Gasteiger partial charge in [-0.3, -0.25) is 0 Å². The Labute approximate surface area is 94.3 Å². The van der Waals surface area contributed by atoms with Crippen LogP contribution in [0.15, 0.2) is 30.6 Å². The van der Waals surface area contributed by atoms with E-state index in [1.54, 1.807) is 6.33 Å². The van der Waals surface area contributed by atoms with Crippen LogP contribution in [0.1, 0.15) is 12.8 Å².